The van der Waals surface area contributed by atoms with E-state index in [-0.39, 0.29) is 6.42 Å². The van der Waals surface area contributed by atoms with Crippen molar-refractivity contribution >= 4 is 28.1 Å². The van der Waals surface area contributed by atoms with Crippen LogP contribution in [-0.4, -0.2) is 22.6 Å². The van der Waals surface area contributed by atoms with E-state index < -0.39 is 5.97 Å². The molecule has 0 bridgehead atoms. The summed E-state index contributed by atoms with van der Waals surface area (Å²) in [5.41, 5.74) is 3.29. The zero-order valence-corrected chi connectivity index (χ0v) is 11.8. The zero-order valence-electron chi connectivity index (χ0n) is 11.0. The first-order valence-electron chi connectivity index (χ1n) is 6.04. The van der Waals surface area contributed by atoms with Gasteiger partial charge in [-0.2, -0.15) is 0 Å². The summed E-state index contributed by atoms with van der Waals surface area (Å²) in [7, 11) is 0. The summed E-state index contributed by atoms with van der Waals surface area (Å²) in [6.45, 7) is 4.48. The molecule has 0 radical (unpaired) electrons. The number of aliphatic carboxylic acids is 1. The molecule has 0 atom stereocenters. The first-order chi connectivity index (χ1) is 9.08. The van der Waals surface area contributed by atoms with Gasteiger partial charge >= 0.3 is 5.97 Å². The highest BCUT2D eigenvalue weighted by Crippen LogP contribution is 2.30. The molecule has 0 aliphatic heterocycles. The number of anilines is 2. The van der Waals surface area contributed by atoms with Crippen molar-refractivity contribution in [3.63, 3.8) is 0 Å². The molecule has 0 saturated heterocycles. The number of aromatic nitrogens is 1. The minimum absolute atomic E-state index is 0.0902. The molecule has 4 nitrogen and oxygen atoms in total. The number of benzene rings is 1. The first kappa shape index (κ1) is 13.5. The maximum absolute atomic E-state index is 10.8. The largest absolute Gasteiger partial charge is 0.481 e. The molecule has 2 aromatic rings. The van der Waals surface area contributed by atoms with Crippen molar-refractivity contribution in [3.8, 4) is 0 Å². The molecule has 0 fully saturated rings. The van der Waals surface area contributed by atoms with Crippen molar-refractivity contribution in [1.82, 2.24) is 4.98 Å². The van der Waals surface area contributed by atoms with Gasteiger partial charge in [-0.1, -0.05) is 12.1 Å². The summed E-state index contributed by atoms with van der Waals surface area (Å²) in [5, 5.41) is 11.6. The van der Waals surface area contributed by atoms with Gasteiger partial charge in [0.25, 0.3) is 0 Å². The number of hydrogen-bond acceptors (Lipinski definition) is 4. The number of hydrogen-bond donors (Lipinski definition) is 1. The standard InChI is InChI=1S/C14H16N2O2S/c1-10-3-4-11(2)12(9-10)16(7-5-13(17)18)14-15-6-8-19-14/h3-4,6,8-9H,5,7H2,1-2H3,(H,17,18). The molecule has 0 aliphatic carbocycles. The second kappa shape index (κ2) is 5.84. The Kier molecular flexibility index (Phi) is 4.16. The van der Waals surface area contributed by atoms with Crippen LogP contribution >= 0.6 is 11.3 Å². The quantitative estimate of drug-likeness (QED) is 0.909. The fraction of sp³-hybridized carbons (Fsp3) is 0.286. The van der Waals surface area contributed by atoms with Crippen molar-refractivity contribution in [2.75, 3.05) is 11.4 Å². The molecule has 5 heteroatoms. The van der Waals surface area contributed by atoms with Crippen LogP contribution in [0.4, 0.5) is 10.8 Å². The number of aryl methyl sites for hydroxylation is 2. The van der Waals surface area contributed by atoms with Crippen LogP contribution in [0, 0.1) is 13.8 Å². The number of carboxylic acid groups (broad SMARTS) is 1. The smallest absolute Gasteiger partial charge is 0.305 e. The Bertz CT molecular complexity index is 567. The molecule has 0 unspecified atom stereocenters. The Hall–Kier alpha value is -1.88. The van der Waals surface area contributed by atoms with Gasteiger partial charge in [-0.3, -0.25) is 4.79 Å². The predicted octanol–water partition coefficient (Wildman–Crippen LogP) is 3.37. The van der Waals surface area contributed by atoms with E-state index in [1.165, 1.54) is 11.3 Å². The molecule has 2 rings (SSSR count). The molecule has 0 amide bonds. The number of carbonyl (C=O) groups is 1. The Morgan fingerprint density at radius 3 is 2.84 bits per heavy atom. The summed E-state index contributed by atoms with van der Waals surface area (Å²) in [6, 6.07) is 6.17. The van der Waals surface area contributed by atoms with Gasteiger partial charge in [0.2, 0.25) is 0 Å². The second-order valence-electron chi connectivity index (χ2n) is 4.40. The van der Waals surface area contributed by atoms with E-state index in [1.807, 2.05) is 30.2 Å². The molecular weight excluding hydrogens is 260 g/mol. The summed E-state index contributed by atoms with van der Waals surface area (Å²) in [6.07, 6.45) is 1.83. The fourth-order valence-electron chi connectivity index (χ4n) is 1.89. The number of nitrogens with zero attached hydrogens (tertiary/aromatic N) is 2. The van der Waals surface area contributed by atoms with Gasteiger partial charge in [-0.05, 0) is 31.0 Å². The predicted molar refractivity (Wildman–Crippen MR) is 77.3 cm³/mol. The van der Waals surface area contributed by atoms with Crippen LogP contribution in [0.5, 0.6) is 0 Å². The highest BCUT2D eigenvalue weighted by molar-refractivity contribution is 7.13. The molecule has 1 aromatic heterocycles. The van der Waals surface area contributed by atoms with Crippen LogP contribution in [0.1, 0.15) is 17.5 Å². The summed E-state index contributed by atoms with van der Waals surface area (Å²) >= 11 is 1.51. The monoisotopic (exact) mass is 276 g/mol. The Labute approximate surface area is 116 Å². The summed E-state index contributed by atoms with van der Waals surface area (Å²) in [5.74, 6) is -0.799. The van der Waals surface area contributed by atoms with Crippen LogP contribution in [0.2, 0.25) is 0 Å². The van der Waals surface area contributed by atoms with Gasteiger partial charge in [0, 0.05) is 23.8 Å². The van der Waals surface area contributed by atoms with Gasteiger partial charge in [-0.15, -0.1) is 11.3 Å². The van der Waals surface area contributed by atoms with Gasteiger partial charge in [0.05, 0.1) is 6.42 Å². The summed E-state index contributed by atoms with van der Waals surface area (Å²) < 4.78 is 0. The molecule has 0 spiro atoms. The van der Waals surface area contributed by atoms with Gasteiger partial charge in [-0.25, -0.2) is 4.98 Å². The lowest BCUT2D eigenvalue weighted by molar-refractivity contribution is -0.136. The van der Waals surface area contributed by atoms with Crippen LogP contribution in [-0.2, 0) is 4.79 Å². The maximum atomic E-state index is 10.8. The van der Waals surface area contributed by atoms with Crippen LogP contribution in [0.25, 0.3) is 0 Å². The SMILES string of the molecule is Cc1ccc(C)c(N(CCC(=O)O)c2nccs2)c1. The van der Waals surface area contributed by atoms with E-state index >= 15 is 0 Å². The second-order valence-corrected chi connectivity index (χ2v) is 5.27. The van der Waals surface area contributed by atoms with E-state index in [9.17, 15) is 4.79 Å². The zero-order chi connectivity index (χ0) is 13.8. The molecular formula is C14H16N2O2S. The molecule has 100 valence electrons. The minimum atomic E-state index is -0.799. The van der Waals surface area contributed by atoms with Crippen LogP contribution < -0.4 is 4.90 Å². The van der Waals surface area contributed by atoms with Crippen molar-refractivity contribution in [1.29, 1.82) is 0 Å². The summed E-state index contributed by atoms with van der Waals surface area (Å²) in [4.78, 5) is 17.1. The van der Waals surface area contributed by atoms with E-state index in [0.29, 0.717) is 6.54 Å². The lowest BCUT2D eigenvalue weighted by Crippen LogP contribution is -2.21. The molecule has 0 aliphatic rings. The topological polar surface area (TPSA) is 53.4 Å². The Balaban J connectivity index is 2.36. The highest BCUT2D eigenvalue weighted by atomic mass is 32.1. The molecule has 1 aromatic carbocycles. The number of rotatable bonds is 5. The molecule has 0 saturated carbocycles. The average molecular weight is 276 g/mol. The molecule has 1 N–H and O–H groups in total. The minimum Gasteiger partial charge on any atom is -0.481 e. The van der Waals surface area contributed by atoms with Crippen LogP contribution in [0.3, 0.4) is 0 Å². The van der Waals surface area contributed by atoms with Gasteiger partial charge in [0.15, 0.2) is 5.13 Å². The van der Waals surface area contributed by atoms with E-state index in [1.54, 1.807) is 6.20 Å². The normalized spacial score (nSPS) is 10.4. The Morgan fingerprint density at radius 1 is 1.42 bits per heavy atom. The fourth-order valence-corrected chi connectivity index (χ4v) is 2.57. The number of thiazole rings is 1. The highest BCUT2D eigenvalue weighted by Gasteiger charge is 2.15. The van der Waals surface area contributed by atoms with Crippen molar-refractivity contribution in [2.24, 2.45) is 0 Å². The molecule has 19 heavy (non-hydrogen) atoms. The van der Waals surface area contributed by atoms with E-state index in [4.69, 9.17) is 5.11 Å². The third kappa shape index (κ3) is 3.32. The van der Waals surface area contributed by atoms with Crippen molar-refractivity contribution < 1.29 is 9.90 Å². The average Bonchev–Trinajstić information content (AvgIpc) is 2.87. The third-order valence-corrected chi connectivity index (χ3v) is 3.65. The lowest BCUT2D eigenvalue weighted by atomic mass is 10.1. The van der Waals surface area contributed by atoms with E-state index in [2.05, 4.69) is 17.1 Å². The maximum Gasteiger partial charge on any atom is 0.305 e. The van der Waals surface area contributed by atoms with Crippen molar-refractivity contribution in [2.45, 2.75) is 20.3 Å². The Morgan fingerprint density at radius 2 is 2.21 bits per heavy atom. The van der Waals surface area contributed by atoms with E-state index in [0.717, 1.165) is 21.9 Å². The first-order valence-corrected chi connectivity index (χ1v) is 6.92. The number of carboxylic acids is 1. The van der Waals surface area contributed by atoms with Gasteiger partial charge < -0.3 is 10.0 Å². The van der Waals surface area contributed by atoms with Gasteiger partial charge in [0.1, 0.15) is 0 Å². The lowest BCUT2D eigenvalue weighted by Gasteiger charge is -2.23. The van der Waals surface area contributed by atoms with Crippen LogP contribution in [0.15, 0.2) is 29.8 Å². The van der Waals surface area contributed by atoms with Crippen molar-refractivity contribution in [3.05, 3.63) is 40.9 Å². The third-order valence-electron chi connectivity index (χ3n) is 2.85. The molecule has 1 heterocycles.